The van der Waals surface area contributed by atoms with Crippen molar-refractivity contribution in [1.29, 1.82) is 0 Å². The van der Waals surface area contributed by atoms with Crippen molar-refractivity contribution in [1.82, 2.24) is 0 Å². The molecule has 0 bridgehead atoms. The van der Waals surface area contributed by atoms with Gasteiger partial charge in [0.05, 0.1) is 16.9 Å². The van der Waals surface area contributed by atoms with Gasteiger partial charge in [0.15, 0.2) is 0 Å². The molecule has 1 amide bonds. The molecule has 0 aliphatic carbocycles. The van der Waals surface area contributed by atoms with Gasteiger partial charge in [-0.3, -0.25) is 4.79 Å². The van der Waals surface area contributed by atoms with Crippen LogP contribution in [-0.2, 0) is 0 Å². The minimum atomic E-state index is -0.446. The van der Waals surface area contributed by atoms with Gasteiger partial charge in [0.25, 0.3) is 5.91 Å². The lowest BCUT2D eigenvalue weighted by atomic mass is 10.1. The van der Waals surface area contributed by atoms with Gasteiger partial charge in [0.1, 0.15) is 5.82 Å². The van der Waals surface area contributed by atoms with E-state index in [1.54, 1.807) is 19.2 Å². The van der Waals surface area contributed by atoms with E-state index in [1.807, 2.05) is 18.2 Å². The molecule has 0 spiro atoms. The van der Waals surface area contributed by atoms with Gasteiger partial charge in [0, 0.05) is 10.6 Å². The number of halogens is 2. The largest absolute Gasteiger partial charge is 0.385 e. The van der Waals surface area contributed by atoms with Crippen LogP contribution in [0.5, 0.6) is 0 Å². The molecule has 2 aromatic carbocycles. The van der Waals surface area contributed by atoms with Gasteiger partial charge in [-0.05, 0) is 46.9 Å². The van der Waals surface area contributed by atoms with Gasteiger partial charge >= 0.3 is 0 Å². The Morgan fingerprint density at radius 1 is 1.16 bits per heavy atom. The van der Waals surface area contributed by atoms with Crippen LogP contribution in [0.3, 0.4) is 0 Å². The summed E-state index contributed by atoms with van der Waals surface area (Å²) in [5, 5.41) is 5.48. The quantitative estimate of drug-likeness (QED) is 0.809. The Labute approximate surface area is 124 Å². The average Bonchev–Trinajstić information content (AvgIpc) is 2.41. The summed E-state index contributed by atoms with van der Waals surface area (Å²) in [5.41, 5.74) is 1.19. The van der Waals surface area contributed by atoms with Crippen molar-refractivity contribution in [3.63, 3.8) is 0 Å². The normalized spacial score (nSPS) is 10.1. The van der Waals surface area contributed by atoms with Crippen molar-refractivity contribution in [3.05, 3.63) is 57.4 Å². The van der Waals surface area contributed by atoms with Crippen LogP contribution >= 0.6 is 22.6 Å². The summed E-state index contributed by atoms with van der Waals surface area (Å²) in [6, 6.07) is 11.8. The lowest BCUT2D eigenvalue weighted by Crippen LogP contribution is -2.15. The number of benzene rings is 2. The molecule has 0 radical (unpaired) electrons. The van der Waals surface area contributed by atoms with Crippen LogP contribution in [0.2, 0.25) is 0 Å². The molecule has 0 saturated carbocycles. The zero-order chi connectivity index (χ0) is 13.8. The number of nitrogens with one attached hydrogen (secondary N) is 2. The number of carbonyl (C=O) groups is 1. The van der Waals surface area contributed by atoms with Crippen molar-refractivity contribution in [3.8, 4) is 0 Å². The average molecular weight is 370 g/mol. The van der Waals surface area contributed by atoms with Crippen molar-refractivity contribution in [2.75, 3.05) is 17.7 Å². The fourth-order valence-electron chi connectivity index (χ4n) is 1.72. The molecule has 0 atom stereocenters. The molecule has 2 N–H and O–H groups in total. The molecular weight excluding hydrogens is 358 g/mol. The fourth-order valence-corrected chi connectivity index (χ4v) is 2.24. The first-order chi connectivity index (χ1) is 9.13. The predicted octanol–water partition coefficient (Wildman–Crippen LogP) is 3.72. The summed E-state index contributed by atoms with van der Waals surface area (Å²) in [6.45, 7) is 0. The van der Waals surface area contributed by atoms with E-state index in [1.165, 1.54) is 12.1 Å². The van der Waals surface area contributed by atoms with Crippen molar-refractivity contribution < 1.29 is 9.18 Å². The third kappa shape index (κ3) is 3.04. The van der Waals surface area contributed by atoms with Crippen LogP contribution < -0.4 is 10.6 Å². The maximum Gasteiger partial charge on any atom is 0.257 e. The first-order valence-corrected chi connectivity index (χ1v) is 6.73. The number of carbonyl (C=O) groups excluding carboxylic acids is 1. The zero-order valence-corrected chi connectivity index (χ0v) is 12.4. The van der Waals surface area contributed by atoms with E-state index in [0.29, 0.717) is 5.69 Å². The highest BCUT2D eigenvalue weighted by Gasteiger charge is 2.14. The second-order valence-electron chi connectivity index (χ2n) is 3.85. The standard InChI is InChI=1S/C14H12FIN2O/c1-17-13-9(5-4-6-10(13)15)14(19)18-12-8-3-2-7-11(12)16/h2-8,17H,1H3,(H,18,19). The summed E-state index contributed by atoms with van der Waals surface area (Å²) < 4.78 is 14.5. The summed E-state index contributed by atoms with van der Waals surface area (Å²) in [7, 11) is 1.58. The smallest absolute Gasteiger partial charge is 0.257 e. The van der Waals surface area contributed by atoms with Gasteiger partial charge in [-0.2, -0.15) is 0 Å². The van der Waals surface area contributed by atoms with Crippen LogP contribution in [0.1, 0.15) is 10.4 Å². The Morgan fingerprint density at radius 3 is 2.58 bits per heavy atom. The monoisotopic (exact) mass is 370 g/mol. The first-order valence-electron chi connectivity index (χ1n) is 5.65. The third-order valence-electron chi connectivity index (χ3n) is 2.63. The van der Waals surface area contributed by atoms with Gasteiger partial charge in [-0.15, -0.1) is 0 Å². The maximum absolute atomic E-state index is 13.6. The van der Waals surface area contributed by atoms with Gasteiger partial charge in [-0.25, -0.2) is 4.39 Å². The molecule has 0 saturated heterocycles. The highest BCUT2D eigenvalue weighted by atomic mass is 127. The number of para-hydroxylation sites is 2. The Morgan fingerprint density at radius 2 is 1.89 bits per heavy atom. The van der Waals surface area contributed by atoms with Crippen molar-refractivity contribution >= 4 is 39.9 Å². The Hall–Kier alpha value is -1.63. The van der Waals surface area contributed by atoms with E-state index in [4.69, 9.17) is 0 Å². The third-order valence-corrected chi connectivity index (χ3v) is 3.57. The molecule has 0 unspecified atom stereocenters. The maximum atomic E-state index is 13.6. The molecule has 3 nitrogen and oxygen atoms in total. The molecule has 98 valence electrons. The minimum absolute atomic E-state index is 0.200. The lowest BCUT2D eigenvalue weighted by Gasteiger charge is -2.11. The molecule has 0 aromatic heterocycles. The lowest BCUT2D eigenvalue weighted by molar-refractivity contribution is 0.102. The summed E-state index contributed by atoms with van der Waals surface area (Å²) >= 11 is 2.13. The Balaban J connectivity index is 2.31. The van der Waals surface area contributed by atoms with Gasteiger partial charge in [-0.1, -0.05) is 18.2 Å². The number of hydrogen-bond acceptors (Lipinski definition) is 2. The summed E-state index contributed by atoms with van der Waals surface area (Å²) in [4.78, 5) is 12.2. The Bertz CT molecular complexity index is 616. The Kier molecular flexibility index (Phi) is 4.36. The topological polar surface area (TPSA) is 41.1 Å². The number of hydrogen-bond donors (Lipinski definition) is 2. The van der Waals surface area contributed by atoms with Crippen LogP contribution in [0.4, 0.5) is 15.8 Å². The summed E-state index contributed by atoms with van der Waals surface area (Å²) in [5.74, 6) is -0.786. The molecule has 0 fully saturated rings. The SMILES string of the molecule is CNc1c(F)cccc1C(=O)Nc1ccccc1I. The van der Waals surface area contributed by atoms with E-state index >= 15 is 0 Å². The molecular formula is C14H12FIN2O. The molecule has 0 aliphatic rings. The van der Waals surface area contributed by atoms with Gasteiger partial charge < -0.3 is 10.6 Å². The predicted molar refractivity (Wildman–Crippen MR) is 83.1 cm³/mol. The molecule has 19 heavy (non-hydrogen) atoms. The van der Waals surface area contributed by atoms with Crippen LogP contribution in [0.25, 0.3) is 0 Å². The van der Waals surface area contributed by atoms with E-state index in [9.17, 15) is 9.18 Å². The molecule has 2 rings (SSSR count). The van der Waals surface area contributed by atoms with Gasteiger partial charge in [0.2, 0.25) is 0 Å². The molecule has 0 aliphatic heterocycles. The van der Waals surface area contributed by atoms with Crippen LogP contribution in [0, 0.1) is 9.39 Å². The van der Waals surface area contributed by atoms with Crippen molar-refractivity contribution in [2.45, 2.75) is 0 Å². The zero-order valence-electron chi connectivity index (χ0n) is 10.2. The number of amides is 1. The highest BCUT2D eigenvalue weighted by Crippen LogP contribution is 2.22. The van der Waals surface area contributed by atoms with E-state index in [2.05, 4.69) is 33.2 Å². The van der Waals surface area contributed by atoms with Crippen LogP contribution in [-0.4, -0.2) is 13.0 Å². The highest BCUT2D eigenvalue weighted by molar-refractivity contribution is 14.1. The molecule has 0 heterocycles. The fraction of sp³-hybridized carbons (Fsp3) is 0.0714. The molecule has 5 heteroatoms. The first kappa shape index (κ1) is 13.8. The van der Waals surface area contributed by atoms with E-state index in [0.717, 1.165) is 3.57 Å². The second kappa shape index (κ2) is 6.01. The second-order valence-corrected chi connectivity index (χ2v) is 5.01. The van der Waals surface area contributed by atoms with Crippen LogP contribution in [0.15, 0.2) is 42.5 Å². The van der Waals surface area contributed by atoms with Crippen molar-refractivity contribution in [2.24, 2.45) is 0 Å². The summed E-state index contributed by atoms with van der Waals surface area (Å²) in [6.07, 6.45) is 0. The molecule has 2 aromatic rings. The van der Waals surface area contributed by atoms with E-state index in [-0.39, 0.29) is 17.2 Å². The van der Waals surface area contributed by atoms with E-state index < -0.39 is 5.82 Å². The number of rotatable bonds is 3. The number of anilines is 2. The minimum Gasteiger partial charge on any atom is -0.385 e.